The first kappa shape index (κ1) is 26.2. The van der Waals surface area contributed by atoms with E-state index in [-0.39, 0.29) is 18.1 Å². The van der Waals surface area contributed by atoms with Crippen LogP contribution < -0.4 is 5.14 Å². The van der Waals surface area contributed by atoms with E-state index in [4.69, 9.17) is 19.0 Å². The summed E-state index contributed by atoms with van der Waals surface area (Å²) in [5.41, 5.74) is 1.96. The number of aliphatic hydroxyl groups is 1. The second-order valence-electron chi connectivity index (χ2n) is 9.21. The van der Waals surface area contributed by atoms with Crippen LogP contribution in [0.15, 0.2) is 82.1 Å². The third-order valence-electron chi connectivity index (χ3n) is 6.47. The average molecular weight is 539 g/mol. The number of hydrogen-bond acceptors (Lipinski definition) is 7. The number of nitrogens with zero attached hydrogens (tertiary/aromatic N) is 1. The molecule has 0 saturated carbocycles. The highest BCUT2D eigenvalue weighted by Gasteiger charge is 2.32. The molecule has 8 nitrogen and oxygen atoms in total. The zero-order valence-electron chi connectivity index (χ0n) is 20.5. The van der Waals surface area contributed by atoms with Crippen molar-refractivity contribution in [1.82, 2.24) is 4.98 Å². The van der Waals surface area contributed by atoms with E-state index in [2.05, 4.69) is 4.98 Å². The summed E-state index contributed by atoms with van der Waals surface area (Å²) in [7, 11) is -3.83. The van der Waals surface area contributed by atoms with E-state index in [1.807, 2.05) is 30.3 Å². The minimum atomic E-state index is -3.83. The van der Waals surface area contributed by atoms with Gasteiger partial charge < -0.3 is 19.0 Å². The summed E-state index contributed by atoms with van der Waals surface area (Å²) in [5.74, 6) is 0.299. The normalized spacial score (nSPS) is 15.4. The van der Waals surface area contributed by atoms with Crippen LogP contribution in [0.25, 0.3) is 22.6 Å². The Bertz CT molecular complexity index is 1510. The van der Waals surface area contributed by atoms with Crippen molar-refractivity contribution < 1.29 is 31.8 Å². The summed E-state index contributed by atoms with van der Waals surface area (Å²) in [4.78, 5) is 4.61. The number of sulfonamides is 1. The van der Waals surface area contributed by atoms with Gasteiger partial charge in [0.2, 0.25) is 15.9 Å². The van der Waals surface area contributed by atoms with Gasteiger partial charge in [0.15, 0.2) is 5.76 Å². The zero-order chi connectivity index (χ0) is 26.8. The molecular weight excluding hydrogens is 511 g/mol. The monoisotopic (exact) mass is 538 g/mol. The molecule has 0 spiro atoms. The second-order valence-corrected chi connectivity index (χ2v) is 10.8. The van der Waals surface area contributed by atoms with Crippen molar-refractivity contribution in [1.29, 1.82) is 0 Å². The number of rotatable bonds is 8. The third-order valence-corrected chi connectivity index (χ3v) is 7.40. The summed E-state index contributed by atoms with van der Waals surface area (Å²) >= 11 is 0. The predicted octanol–water partition coefficient (Wildman–Crippen LogP) is 4.51. The molecule has 0 atom stereocenters. The van der Waals surface area contributed by atoms with Crippen LogP contribution in [0.2, 0.25) is 0 Å². The van der Waals surface area contributed by atoms with Crippen molar-refractivity contribution in [3.63, 3.8) is 0 Å². The van der Waals surface area contributed by atoms with E-state index < -0.39 is 21.4 Å². The number of benzene rings is 3. The van der Waals surface area contributed by atoms with Crippen molar-refractivity contribution in [3.05, 3.63) is 95.6 Å². The summed E-state index contributed by atoms with van der Waals surface area (Å²) in [6.07, 6.45) is 0.798. The fourth-order valence-corrected chi connectivity index (χ4v) is 4.98. The van der Waals surface area contributed by atoms with Gasteiger partial charge in [0.05, 0.1) is 17.1 Å². The smallest absolute Gasteiger partial charge is 0.238 e. The molecule has 198 valence electrons. The van der Waals surface area contributed by atoms with Crippen LogP contribution >= 0.6 is 0 Å². The Kier molecular flexibility index (Phi) is 7.42. The van der Waals surface area contributed by atoms with Crippen molar-refractivity contribution in [2.24, 2.45) is 5.14 Å². The molecule has 1 aliphatic rings. The molecule has 3 N–H and O–H groups in total. The molecule has 1 aromatic heterocycles. The fraction of sp³-hybridized carbons (Fsp3) is 0.250. The van der Waals surface area contributed by atoms with Crippen LogP contribution in [-0.2, 0) is 38.3 Å². The second kappa shape index (κ2) is 10.8. The minimum absolute atomic E-state index is 0.00884. The molecule has 2 heterocycles. The van der Waals surface area contributed by atoms with E-state index >= 15 is 0 Å². The van der Waals surface area contributed by atoms with Crippen LogP contribution in [0.4, 0.5) is 4.39 Å². The predicted molar refractivity (Wildman–Crippen MR) is 138 cm³/mol. The molecule has 0 bridgehead atoms. The highest BCUT2D eigenvalue weighted by Crippen LogP contribution is 2.35. The number of primary sulfonamides is 1. The molecular formula is C28H27FN2O6S. The Balaban J connectivity index is 1.36. The van der Waals surface area contributed by atoms with Crippen molar-refractivity contribution in [2.75, 3.05) is 13.2 Å². The van der Waals surface area contributed by atoms with Crippen LogP contribution in [-0.4, -0.2) is 31.7 Å². The average Bonchev–Trinajstić information content (AvgIpc) is 3.33. The molecule has 38 heavy (non-hydrogen) atoms. The highest BCUT2D eigenvalue weighted by molar-refractivity contribution is 7.89. The van der Waals surface area contributed by atoms with Crippen LogP contribution in [0.1, 0.15) is 29.9 Å². The van der Waals surface area contributed by atoms with Gasteiger partial charge in [-0.25, -0.2) is 22.9 Å². The molecule has 0 unspecified atom stereocenters. The molecule has 1 fully saturated rings. The lowest BCUT2D eigenvalue weighted by Crippen LogP contribution is -2.33. The first-order chi connectivity index (χ1) is 18.2. The van der Waals surface area contributed by atoms with Crippen LogP contribution in [0, 0.1) is 5.82 Å². The van der Waals surface area contributed by atoms with E-state index in [0.717, 1.165) is 5.56 Å². The van der Waals surface area contributed by atoms with E-state index in [0.29, 0.717) is 60.1 Å². The molecule has 3 aromatic carbocycles. The van der Waals surface area contributed by atoms with Gasteiger partial charge in [0.25, 0.3) is 0 Å². The van der Waals surface area contributed by atoms with Crippen molar-refractivity contribution >= 4 is 10.0 Å². The van der Waals surface area contributed by atoms with Gasteiger partial charge in [-0.3, -0.25) is 0 Å². The number of hydrogen-bond donors (Lipinski definition) is 2. The van der Waals surface area contributed by atoms with Gasteiger partial charge in [-0.15, -0.1) is 0 Å². The number of oxazole rings is 1. The molecule has 0 amide bonds. The summed E-state index contributed by atoms with van der Waals surface area (Å²) < 4.78 is 54.8. The van der Waals surface area contributed by atoms with Crippen LogP contribution in [0.3, 0.4) is 0 Å². The van der Waals surface area contributed by atoms with Gasteiger partial charge in [-0.05, 0) is 47.5 Å². The van der Waals surface area contributed by atoms with Gasteiger partial charge in [0.1, 0.15) is 18.1 Å². The zero-order valence-corrected chi connectivity index (χ0v) is 21.3. The summed E-state index contributed by atoms with van der Waals surface area (Å²) in [5, 5.41) is 16.2. The van der Waals surface area contributed by atoms with Crippen molar-refractivity contribution in [2.45, 2.75) is 36.6 Å². The van der Waals surface area contributed by atoms with Crippen molar-refractivity contribution in [3.8, 4) is 22.6 Å². The standard InChI is InChI=1S/C28H27FN2O6S/c29-23-15-19(14-22(16-23)28(32)10-12-35-13-11-28)17-36-18-25-31-26(20-4-2-1-3-5-20)27(37-25)21-6-8-24(9-7-21)38(30,33)34/h1-9,14-16,32H,10-13,17-18H2,(H2,30,33,34). The molecule has 0 aliphatic carbocycles. The highest BCUT2D eigenvalue weighted by atomic mass is 32.2. The molecule has 1 saturated heterocycles. The summed E-state index contributed by atoms with van der Waals surface area (Å²) in [6.45, 7) is 0.928. The lowest BCUT2D eigenvalue weighted by atomic mass is 9.85. The van der Waals surface area contributed by atoms with Gasteiger partial charge in [-0.1, -0.05) is 36.4 Å². The molecule has 0 radical (unpaired) electrons. The Morgan fingerprint density at radius 1 is 0.974 bits per heavy atom. The number of halogens is 1. The Morgan fingerprint density at radius 3 is 2.37 bits per heavy atom. The molecule has 5 rings (SSSR count). The van der Waals surface area contributed by atoms with E-state index in [9.17, 15) is 17.9 Å². The number of ether oxygens (including phenoxy) is 2. The maximum atomic E-state index is 14.4. The van der Waals surface area contributed by atoms with E-state index in [1.54, 1.807) is 18.2 Å². The van der Waals surface area contributed by atoms with Gasteiger partial charge in [0, 0.05) is 37.2 Å². The molecule has 1 aliphatic heterocycles. The number of aromatic nitrogens is 1. The quantitative estimate of drug-likeness (QED) is 0.338. The number of nitrogens with two attached hydrogens (primary N) is 1. The SMILES string of the molecule is NS(=O)(=O)c1ccc(-c2oc(COCc3cc(F)cc(C4(O)CCOCC4)c3)nc2-c2ccccc2)cc1. The summed E-state index contributed by atoms with van der Waals surface area (Å²) in [6, 6.07) is 19.9. The first-order valence-electron chi connectivity index (χ1n) is 12.1. The molecule has 10 heteroatoms. The topological polar surface area (TPSA) is 125 Å². The largest absolute Gasteiger partial charge is 0.437 e. The fourth-order valence-electron chi connectivity index (χ4n) is 4.47. The Morgan fingerprint density at radius 2 is 1.68 bits per heavy atom. The Hall–Kier alpha value is -3.41. The van der Waals surface area contributed by atoms with Gasteiger partial charge >= 0.3 is 0 Å². The van der Waals surface area contributed by atoms with Gasteiger partial charge in [-0.2, -0.15) is 0 Å². The van der Waals surface area contributed by atoms with Crippen LogP contribution in [0.5, 0.6) is 0 Å². The lowest BCUT2D eigenvalue weighted by molar-refractivity contribution is -0.0681. The third kappa shape index (κ3) is 5.85. The Labute approximate surface area is 219 Å². The lowest BCUT2D eigenvalue weighted by Gasteiger charge is -2.32. The maximum Gasteiger partial charge on any atom is 0.238 e. The van der Waals surface area contributed by atoms with E-state index in [1.165, 1.54) is 24.3 Å². The minimum Gasteiger partial charge on any atom is -0.437 e. The molecule has 4 aromatic rings. The maximum absolute atomic E-state index is 14.4. The first-order valence-corrected chi connectivity index (χ1v) is 13.6.